The fourth-order valence-corrected chi connectivity index (χ4v) is 4.46. The molecule has 3 aromatic carbocycles. The molecule has 170 valence electrons. The molecule has 2 atom stereocenters. The maximum atomic E-state index is 11.0. The quantitative estimate of drug-likeness (QED) is 0.397. The summed E-state index contributed by atoms with van der Waals surface area (Å²) in [5.74, 6) is 1.68. The van der Waals surface area contributed by atoms with Gasteiger partial charge < -0.3 is 19.3 Å². The van der Waals surface area contributed by atoms with Crippen LogP contribution in [0.4, 0.5) is 0 Å². The molecule has 6 heteroatoms. The van der Waals surface area contributed by atoms with Gasteiger partial charge in [0.1, 0.15) is 30.0 Å². The average Bonchev–Trinajstić information content (AvgIpc) is 3.58. The van der Waals surface area contributed by atoms with Crippen molar-refractivity contribution >= 4 is 17.6 Å². The van der Waals surface area contributed by atoms with E-state index in [1.54, 1.807) is 0 Å². The zero-order chi connectivity index (χ0) is 22.8. The van der Waals surface area contributed by atoms with Gasteiger partial charge in [-0.3, -0.25) is 4.79 Å². The van der Waals surface area contributed by atoms with Crippen LogP contribution in [0.5, 0.6) is 17.2 Å². The van der Waals surface area contributed by atoms with Crippen LogP contribution >= 0.6 is 11.6 Å². The molecule has 2 aliphatic rings. The molecule has 2 unspecified atom stereocenters. The van der Waals surface area contributed by atoms with Crippen molar-refractivity contribution in [3.8, 4) is 17.2 Å². The van der Waals surface area contributed by atoms with Gasteiger partial charge in [0.15, 0.2) is 0 Å². The number of halogens is 1. The van der Waals surface area contributed by atoms with E-state index in [2.05, 4.69) is 12.1 Å². The van der Waals surface area contributed by atoms with E-state index in [9.17, 15) is 4.79 Å². The van der Waals surface area contributed by atoms with Gasteiger partial charge in [-0.2, -0.15) is 0 Å². The molecular weight excluding hydrogens is 440 g/mol. The van der Waals surface area contributed by atoms with Crippen LogP contribution in [-0.2, 0) is 11.4 Å². The van der Waals surface area contributed by atoms with E-state index in [0.29, 0.717) is 35.7 Å². The van der Waals surface area contributed by atoms with Gasteiger partial charge in [-0.15, -0.1) is 0 Å². The Morgan fingerprint density at radius 3 is 2.58 bits per heavy atom. The smallest absolute Gasteiger partial charge is 0.304 e. The second-order valence-electron chi connectivity index (χ2n) is 8.63. The maximum Gasteiger partial charge on any atom is 0.304 e. The second-order valence-corrected chi connectivity index (χ2v) is 9.04. The Bertz CT molecular complexity index is 1140. The Hall–Kier alpha value is -3.18. The summed E-state index contributed by atoms with van der Waals surface area (Å²) in [6.45, 7) is 0.685. The minimum absolute atomic E-state index is 0.0423. The molecule has 1 aliphatic carbocycles. The van der Waals surface area contributed by atoms with Crippen molar-refractivity contribution < 1.29 is 24.1 Å². The fourth-order valence-electron chi connectivity index (χ4n) is 4.23. The zero-order valence-electron chi connectivity index (χ0n) is 18.1. The first-order chi connectivity index (χ1) is 16.1. The van der Waals surface area contributed by atoms with Crippen molar-refractivity contribution in [2.45, 2.75) is 37.9 Å². The summed E-state index contributed by atoms with van der Waals surface area (Å²) in [4.78, 5) is 11.0. The number of carboxylic acid groups (broad SMARTS) is 1. The molecule has 33 heavy (non-hydrogen) atoms. The van der Waals surface area contributed by atoms with Gasteiger partial charge in [-0.25, -0.2) is 0 Å². The van der Waals surface area contributed by atoms with Gasteiger partial charge in [-0.05, 0) is 36.6 Å². The highest BCUT2D eigenvalue weighted by Crippen LogP contribution is 2.44. The van der Waals surface area contributed by atoms with Gasteiger partial charge in [0.25, 0.3) is 0 Å². The van der Waals surface area contributed by atoms with E-state index < -0.39 is 5.97 Å². The highest BCUT2D eigenvalue weighted by molar-refractivity contribution is 6.31. The Morgan fingerprint density at radius 2 is 1.85 bits per heavy atom. The Labute approximate surface area is 197 Å². The van der Waals surface area contributed by atoms with Gasteiger partial charge in [0.2, 0.25) is 0 Å². The summed E-state index contributed by atoms with van der Waals surface area (Å²) in [6.07, 6.45) is 2.46. The molecule has 1 fully saturated rings. The average molecular weight is 465 g/mol. The molecule has 0 bridgehead atoms. The van der Waals surface area contributed by atoms with E-state index in [0.717, 1.165) is 16.9 Å². The second kappa shape index (κ2) is 9.36. The van der Waals surface area contributed by atoms with E-state index >= 15 is 0 Å². The molecule has 1 aliphatic heterocycles. The molecule has 5 rings (SSSR count). The van der Waals surface area contributed by atoms with Crippen LogP contribution in [0.25, 0.3) is 0 Å². The molecule has 0 amide bonds. The minimum atomic E-state index is -0.828. The lowest BCUT2D eigenvalue weighted by atomic mass is 9.98. The van der Waals surface area contributed by atoms with Crippen molar-refractivity contribution in [3.05, 3.63) is 88.4 Å². The normalized spacial score (nSPS) is 17.7. The van der Waals surface area contributed by atoms with Crippen LogP contribution in [0.2, 0.25) is 5.02 Å². The van der Waals surface area contributed by atoms with Crippen LogP contribution in [0, 0.1) is 5.92 Å². The summed E-state index contributed by atoms with van der Waals surface area (Å²) in [5, 5.41) is 9.64. The first-order valence-electron chi connectivity index (χ1n) is 11.2. The summed E-state index contributed by atoms with van der Waals surface area (Å²) in [6, 6.07) is 21.6. The van der Waals surface area contributed by atoms with Gasteiger partial charge in [0, 0.05) is 29.0 Å². The standard InChI is InChI=1S/C27H25ClO5/c28-24-13-22(33-27(18-6-7-18)17-4-2-1-3-5-17)9-8-19(24)15-31-21-10-11-23-20(12-26(29)30)16-32-25(23)14-21/h1-5,8-11,13-14,18,20,27H,6-7,12,15-16H2,(H,29,30). The third-order valence-corrected chi connectivity index (χ3v) is 6.50. The predicted octanol–water partition coefficient (Wildman–Crippen LogP) is 6.40. The monoisotopic (exact) mass is 464 g/mol. The number of benzene rings is 3. The molecule has 1 saturated carbocycles. The zero-order valence-corrected chi connectivity index (χ0v) is 18.8. The Balaban J connectivity index is 1.23. The van der Waals surface area contributed by atoms with Crippen molar-refractivity contribution in [2.24, 2.45) is 5.92 Å². The first-order valence-corrected chi connectivity index (χ1v) is 11.6. The summed E-state index contributed by atoms with van der Waals surface area (Å²) >= 11 is 6.54. The lowest BCUT2D eigenvalue weighted by molar-refractivity contribution is -0.137. The van der Waals surface area contributed by atoms with Crippen LogP contribution in [-0.4, -0.2) is 17.7 Å². The topological polar surface area (TPSA) is 65.0 Å². The molecule has 0 radical (unpaired) electrons. The highest BCUT2D eigenvalue weighted by atomic mass is 35.5. The Morgan fingerprint density at radius 1 is 1.06 bits per heavy atom. The van der Waals surface area contributed by atoms with Crippen LogP contribution in [0.3, 0.4) is 0 Å². The first kappa shape index (κ1) is 21.7. The SMILES string of the molecule is O=C(O)CC1COc2cc(OCc3ccc(OC(c4ccccc4)C4CC4)cc3Cl)ccc21. The fraction of sp³-hybridized carbons (Fsp3) is 0.296. The minimum Gasteiger partial charge on any atom is -0.492 e. The van der Waals surface area contributed by atoms with Gasteiger partial charge in [-0.1, -0.05) is 54.1 Å². The van der Waals surface area contributed by atoms with E-state index in [-0.39, 0.29) is 18.4 Å². The number of carbonyl (C=O) groups is 1. The number of carboxylic acids is 1. The van der Waals surface area contributed by atoms with Crippen molar-refractivity contribution in [1.82, 2.24) is 0 Å². The summed E-state index contributed by atoms with van der Waals surface area (Å²) in [7, 11) is 0. The van der Waals surface area contributed by atoms with E-state index in [1.807, 2.05) is 54.6 Å². The maximum absolute atomic E-state index is 11.0. The molecule has 3 aromatic rings. The summed E-state index contributed by atoms with van der Waals surface area (Å²) < 4.78 is 17.9. The number of hydrogen-bond acceptors (Lipinski definition) is 4. The molecular formula is C27H25ClO5. The lowest BCUT2D eigenvalue weighted by Crippen LogP contribution is -2.10. The van der Waals surface area contributed by atoms with Gasteiger partial charge in [0.05, 0.1) is 18.1 Å². The molecule has 0 saturated heterocycles. The van der Waals surface area contributed by atoms with Crippen molar-refractivity contribution in [1.29, 1.82) is 0 Å². The molecule has 0 aromatic heterocycles. The molecule has 1 heterocycles. The van der Waals surface area contributed by atoms with E-state index in [4.69, 9.17) is 30.9 Å². The van der Waals surface area contributed by atoms with Crippen LogP contribution in [0.15, 0.2) is 66.7 Å². The van der Waals surface area contributed by atoms with E-state index in [1.165, 1.54) is 18.4 Å². The molecule has 1 N–H and O–H groups in total. The van der Waals surface area contributed by atoms with Crippen LogP contribution in [0.1, 0.15) is 48.0 Å². The predicted molar refractivity (Wildman–Crippen MR) is 125 cm³/mol. The number of aliphatic carboxylic acids is 1. The molecule has 5 nitrogen and oxygen atoms in total. The van der Waals surface area contributed by atoms with Crippen molar-refractivity contribution in [2.75, 3.05) is 6.61 Å². The number of fused-ring (bicyclic) bond motifs is 1. The highest BCUT2D eigenvalue weighted by Gasteiger charge is 2.34. The third-order valence-electron chi connectivity index (χ3n) is 6.15. The number of rotatable bonds is 9. The molecule has 0 spiro atoms. The Kier molecular flexibility index (Phi) is 6.14. The number of hydrogen-bond donors (Lipinski definition) is 1. The lowest BCUT2D eigenvalue weighted by Gasteiger charge is -2.20. The summed E-state index contributed by atoms with van der Waals surface area (Å²) in [5.41, 5.74) is 2.96. The number of ether oxygens (including phenoxy) is 3. The van der Waals surface area contributed by atoms with Crippen LogP contribution < -0.4 is 14.2 Å². The third kappa shape index (κ3) is 5.09. The van der Waals surface area contributed by atoms with Crippen molar-refractivity contribution in [3.63, 3.8) is 0 Å². The van der Waals surface area contributed by atoms with Gasteiger partial charge >= 0.3 is 5.97 Å². The largest absolute Gasteiger partial charge is 0.492 e.